The molecule has 14 heavy (non-hydrogen) atoms. The van der Waals surface area contributed by atoms with Crippen molar-refractivity contribution in [2.24, 2.45) is 5.41 Å². The molecule has 0 aromatic carbocycles. The van der Waals surface area contributed by atoms with Crippen LogP contribution in [0.1, 0.15) is 20.8 Å². The summed E-state index contributed by atoms with van der Waals surface area (Å²) in [6.45, 7) is 7.63. The van der Waals surface area contributed by atoms with Crippen LogP contribution in [0.15, 0.2) is 0 Å². The monoisotopic (exact) mass is 195 g/mol. The summed E-state index contributed by atoms with van der Waals surface area (Å²) in [5.41, 5.74) is -0.396. The molecule has 1 saturated heterocycles. The number of amides is 1. The lowest BCUT2D eigenvalue weighted by molar-refractivity contribution is -0.141. The summed E-state index contributed by atoms with van der Waals surface area (Å²) < 4.78 is 0. The van der Waals surface area contributed by atoms with Crippen molar-refractivity contribution in [3.05, 3.63) is 0 Å². The summed E-state index contributed by atoms with van der Waals surface area (Å²) in [6.07, 6.45) is 0. The largest absolute Gasteiger partial charge is 0.324 e. The molecule has 1 atom stereocenters. The topological polar surface area (TPSA) is 56.1 Å². The number of hydrogen-bond acceptors (Lipinski definition) is 3. The molecule has 1 aliphatic heterocycles. The molecule has 0 saturated carbocycles. The van der Waals surface area contributed by atoms with Gasteiger partial charge in [-0.25, -0.2) is 0 Å². The van der Waals surface area contributed by atoms with E-state index in [1.165, 1.54) is 0 Å². The Morgan fingerprint density at radius 3 is 2.71 bits per heavy atom. The molecular weight excluding hydrogens is 178 g/mol. The Bertz CT molecular complexity index is 262. The van der Waals surface area contributed by atoms with Gasteiger partial charge < -0.3 is 10.2 Å². The van der Waals surface area contributed by atoms with Crippen LogP contribution in [-0.4, -0.2) is 36.5 Å². The maximum absolute atomic E-state index is 11.9. The van der Waals surface area contributed by atoms with Gasteiger partial charge in [-0.05, 0) is 0 Å². The van der Waals surface area contributed by atoms with E-state index >= 15 is 0 Å². The lowest BCUT2D eigenvalue weighted by atomic mass is 9.93. The molecular formula is C10H17N3O. The molecule has 0 aliphatic carbocycles. The second-order valence-electron chi connectivity index (χ2n) is 4.60. The normalized spacial score (nSPS) is 23.0. The molecule has 1 heterocycles. The van der Waals surface area contributed by atoms with Gasteiger partial charge in [0.2, 0.25) is 5.91 Å². The Balaban J connectivity index is 2.75. The molecule has 1 N–H and O–H groups in total. The molecule has 78 valence electrons. The van der Waals surface area contributed by atoms with Crippen molar-refractivity contribution in [2.75, 3.05) is 19.6 Å². The van der Waals surface area contributed by atoms with Crippen LogP contribution in [-0.2, 0) is 4.79 Å². The fraction of sp³-hybridized carbons (Fsp3) is 0.800. The highest BCUT2D eigenvalue weighted by molar-refractivity contribution is 5.82. The minimum atomic E-state index is -0.396. The molecule has 1 rings (SSSR count). The molecule has 0 bridgehead atoms. The predicted octanol–water partition coefficient (Wildman–Crippen LogP) is 0.356. The minimum absolute atomic E-state index is 0.0607. The summed E-state index contributed by atoms with van der Waals surface area (Å²) in [5.74, 6) is 0.0607. The molecule has 1 fully saturated rings. The first-order valence-electron chi connectivity index (χ1n) is 4.88. The van der Waals surface area contributed by atoms with Crippen LogP contribution < -0.4 is 5.32 Å². The molecule has 1 amide bonds. The number of nitriles is 1. The Hall–Kier alpha value is -1.08. The Labute approximate surface area is 84.9 Å². The molecule has 4 heteroatoms. The highest BCUT2D eigenvalue weighted by Gasteiger charge is 2.33. The van der Waals surface area contributed by atoms with E-state index in [1.54, 1.807) is 4.90 Å². The van der Waals surface area contributed by atoms with Crippen molar-refractivity contribution >= 4 is 5.91 Å². The second kappa shape index (κ2) is 3.97. The maximum Gasteiger partial charge on any atom is 0.229 e. The molecule has 4 nitrogen and oxygen atoms in total. The Kier molecular flexibility index (Phi) is 3.12. The van der Waals surface area contributed by atoms with Crippen molar-refractivity contribution in [3.63, 3.8) is 0 Å². The number of nitrogens with one attached hydrogen (secondary N) is 1. The predicted molar refractivity (Wildman–Crippen MR) is 53.4 cm³/mol. The van der Waals surface area contributed by atoms with Crippen molar-refractivity contribution < 1.29 is 4.79 Å². The number of rotatable bonds is 0. The molecule has 0 radical (unpaired) electrons. The summed E-state index contributed by atoms with van der Waals surface area (Å²) in [7, 11) is 0. The maximum atomic E-state index is 11.9. The number of hydrogen-bond donors (Lipinski definition) is 1. The fourth-order valence-electron chi connectivity index (χ4n) is 1.49. The summed E-state index contributed by atoms with van der Waals surface area (Å²) in [6, 6.07) is 1.84. The van der Waals surface area contributed by atoms with Gasteiger partial charge in [-0.15, -0.1) is 0 Å². The van der Waals surface area contributed by atoms with Crippen LogP contribution in [0.4, 0.5) is 0 Å². The van der Waals surface area contributed by atoms with E-state index < -0.39 is 5.41 Å². The minimum Gasteiger partial charge on any atom is -0.324 e. The lowest BCUT2D eigenvalue weighted by Gasteiger charge is -2.36. The zero-order valence-electron chi connectivity index (χ0n) is 9.00. The van der Waals surface area contributed by atoms with Gasteiger partial charge in [-0.2, -0.15) is 5.26 Å². The van der Waals surface area contributed by atoms with Gasteiger partial charge in [-0.3, -0.25) is 4.79 Å². The first kappa shape index (κ1) is 11.0. The third kappa shape index (κ3) is 2.24. The van der Waals surface area contributed by atoms with Crippen molar-refractivity contribution in [1.29, 1.82) is 5.26 Å². The van der Waals surface area contributed by atoms with Gasteiger partial charge in [0.05, 0.1) is 6.07 Å². The number of carbonyl (C=O) groups is 1. The van der Waals surface area contributed by atoms with Crippen LogP contribution in [0.3, 0.4) is 0 Å². The fourth-order valence-corrected chi connectivity index (χ4v) is 1.49. The van der Waals surface area contributed by atoms with Gasteiger partial charge in [0.25, 0.3) is 0 Å². The first-order valence-corrected chi connectivity index (χ1v) is 4.88. The van der Waals surface area contributed by atoms with Crippen LogP contribution >= 0.6 is 0 Å². The van der Waals surface area contributed by atoms with E-state index in [9.17, 15) is 4.79 Å². The van der Waals surface area contributed by atoms with E-state index in [-0.39, 0.29) is 11.9 Å². The van der Waals surface area contributed by atoms with Crippen LogP contribution in [0.2, 0.25) is 0 Å². The van der Waals surface area contributed by atoms with Crippen LogP contribution in [0.25, 0.3) is 0 Å². The van der Waals surface area contributed by atoms with Crippen molar-refractivity contribution in [3.8, 4) is 6.07 Å². The van der Waals surface area contributed by atoms with Crippen molar-refractivity contribution in [2.45, 2.75) is 26.8 Å². The highest BCUT2D eigenvalue weighted by atomic mass is 16.2. The summed E-state index contributed by atoms with van der Waals surface area (Å²) >= 11 is 0. The average molecular weight is 195 g/mol. The highest BCUT2D eigenvalue weighted by Crippen LogP contribution is 2.19. The third-order valence-electron chi connectivity index (χ3n) is 2.29. The Morgan fingerprint density at radius 2 is 2.21 bits per heavy atom. The quantitative estimate of drug-likeness (QED) is 0.607. The van der Waals surface area contributed by atoms with E-state index in [0.717, 1.165) is 6.54 Å². The number of carbonyl (C=O) groups excluding carboxylic acids is 1. The van der Waals surface area contributed by atoms with E-state index in [4.69, 9.17) is 5.26 Å². The molecule has 0 aromatic heterocycles. The van der Waals surface area contributed by atoms with Gasteiger partial charge >= 0.3 is 0 Å². The molecule has 0 unspecified atom stereocenters. The molecule has 1 aliphatic rings. The van der Waals surface area contributed by atoms with Gasteiger partial charge in [0.15, 0.2) is 0 Å². The van der Waals surface area contributed by atoms with Crippen molar-refractivity contribution in [1.82, 2.24) is 10.2 Å². The van der Waals surface area contributed by atoms with E-state index in [2.05, 4.69) is 11.4 Å². The smallest absolute Gasteiger partial charge is 0.229 e. The zero-order chi connectivity index (χ0) is 10.8. The van der Waals surface area contributed by atoms with Gasteiger partial charge in [0, 0.05) is 25.0 Å². The lowest BCUT2D eigenvalue weighted by Crippen LogP contribution is -2.55. The zero-order valence-corrected chi connectivity index (χ0v) is 9.00. The van der Waals surface area contributed by atoms with Crippen LogP contribution in [0.5, 0.6) is 0 Å². The summed E-state index contributed by atoms with van der Waals surface area (Å²) in [4.78, 5) is 13.6. The van der Waals surface area contributed by atoms with E-state index in [0.29, 0.717) is 13.1 Å². The summed E-state index contributed by atoms with van der Waals surface area (Å²) in [5, 5.41) is 12.0. The number of nitrogens with zero attached hydrogens (tertiary/aromatic N) is 2. The molecule has 0 spiro atoms. The molecule has 0 aromatic rings. The van der Waals surface area contributed by atoms with E-state index in [1.807, 2.05) is 20.8 Å². The standard InChI is InChI=1S/C10H17N3O/c1-10(2,3)9(14)13-5-4-12-7-8(13)6-11/h8,12H,4-5,7H2,1-3H3/t8-/m0/s1. The van der Waals surface area contributed by atoms with Crippen LogP contribution in [0, 0.1) is 16.7 Å². The van der Waals surface area contributed by atoms with Gasteiger partial charge in [0.1, 0.15) is 6.04 Å². The first-order chi connectivity index (χ1) is 6.46. The average Bonchev–Trinajstić information content (AvgIpc) is 2.15. The third-order valence-corrected chi connectivity index (χ3v) is 2.29. The SMILES string of the molecule is CC(C)(C)C(=O)N1CCNC[C@@H]1C#N. The van der Waals surface area contributed by atoms with Gasteiger partial charge in [-0.1, -0.05) is 20.8 Å². The number of piperazine rings is 1. The second-order valence-corrected chi connectivity index (χ2v) is 4.60. The Morgan fingerprint density at radius 1 is 1.57 bits per heavy atom.